The standard InChI is InChI=1S/C19H25NOS.CH2O3.2Na/c1-2-11-20(12-10-17-6-4-13-22-17)16-8-9-18-15(14-16)5-3-7-19(18)21;2-1(3)4;;/h3-7,13,16,21H,2,8-12,14H2,1H3;(H2,2,3,4);;/q;;2*+1/p-2/t16-;;;/m0.../s1. The van der Waals surface area contributed by atoms with Crippen molar-refractivity contribution in [3.63, 3.8) is 0 Å². The maximum Gasteiger partial charge on any atom is 1.00 e. The number of nitrogens with zero attached hydrogens (tertiary/aromatic N) is 1. The van der Waals surface area contributed by atoms with E-state index in [4.69, 9.17) is 15.0 Å². The quantitative estimate of drug-likeness (QED) is 0.490. The number of rotatable bonds is 6. The van der Waals surface area contributed by atoms with Crippen molar-refractivity contribution in [2.75, 3.05) is 13.1 Å². The van der Waals surface area contributed by atoms with Crippen LogP contribution in [0.2, 0.25) is 0 Å². The zero-order valence-corrected chi connectivity index (χ0v) is 21.8. The Bertz CT molecular complexity index is 694. The number of carbonyl (C=O) groups is 1. The van der Waals surface area contributed by atoms with Crippen LogP contribution in [-0.2, 0) is 19.3 Å². The molecular formula is C20H25NNa2O4S. The Morgan fingerprint density at radius 1 is 1.25 bits per heavy atom. The van der Waals surface area contributed by atoms with Crippen molar-refractivity contribution < 1.29 is 79.2 Å². The zero-order chi connectivity index (χ0) is 18.9. The Hall–Kier alpha value is -0.0500. The summed E-state index contributed by atoms with van der Waals surface area (Å²) in [6.45, 7) is 4.54. The summed E-state index contributed by atoms with van der Waals surface area (Å²) < 4.78 is 0. The molecule has 0 saturated heterocycles. The molecule has 28 heavy (non-hydrogen) atoms. The van der Waals surface area contributed by atoms with Gasteiger partial charge in [-0.15, -0.1) is 17.1 Å². The van der Waals surface area contributed by atoms with Crippen LogP contribution in [0, 0.1) is 0 Å². The maximum atomic E-state index is 11.9. The molecule has 5 nitrogen and oxygen atoms in total. The first-order chi connectivity index (χ1) is 12.5. The van der Waals surface area contributed by atoms with Crippen molar-refractivity contribution in [2.24, 2.45) is 0 Å². The van der Waals surface area contributed by atoms with Gasteiger partial charge in [-0.2, -0.15) is 0 Å². The van der Waals surface area contributed by atoms with Crippen molar-refractivity contribution >= 4 is 17.5 Å². The molecule has 1 aromatic carbocycles. The van der Waals surface area contributed by atoms with Gasteiger partial charge in [-0.1, -0.05) is 36.8 Å². The van der Waals surface area contributed by atoms with Gasteiger partial charge in [0.25, 0.3) is 0 Å². The maximum absolute atomic E-state index is 11.9. The first-order valence-electron chi connectivity index (χ1n) is 8.95. The van der Waals surface area contributed by atoms with Crippen molar-refractivity contribution in [3.8, 4) is 5.75 Å². The third-order valence-corrected chi connectivity index (χ3v) is 5.60. The molecule has 1 heterocycles. The average Bonchev–Trinajstić information content (AvgIpc) is 3.11. The Morgan fingerprint density at radius 3 is 2.57 bits per heavy atom. The average molecular weight is 421 g/mol. The fourth-order valence-electron chi connectivity index (χ4n) is 3.54. The normalized spacial score (nSPS) is 14.7. The van der Waals surface area contributed by atoms with Gasteiger partial charge in [-0.3, -0.25) is 4.90 Å². The molecule has 8 heteroatoms. The van der Waals surface area contributed by atoms with Gasteiger partial charge in [-0.25, -0.2) is 0 Å². The summed E-state index contributed by atoms with van der Waals surface area (Å²) in [5.74, 6) is 0.233. The molecule has 1 N–H and O–H groups in total. The summed E-state index contributed by atoms with van der Waals surface area (Å²) >= 11 is 1.85. The van der Waals surface area contributed by atoms with Gasteiger partial charge in [0.2, 0.25) is 6.16 Å². The number of hydrogen-bond donors (Lipinski definition) is 1. The second kappa shape index (κ2) is 14.9. The molecule has 0 bridgehead atoms. The molecule has 1 aliphatic rings. The van der Waals surface area contributed by atoms with Gasteiger partial charge in [0.05, 0.1) is 0 Å². The van der Waals surface area contributed by atoms with E-state index in [0.717, 1.165) is 44.3 Å². The van der Waals surface area contributed by atoms with Crippen molar-refractivity contribution in [2.45, 2.75) is 45.1 Å². The van der Waals surface area contributed by atoms with E-state index in [1.54, 1.807) is 6.07 Å². The van der Waals surface area contributed by atoms with Gasteiger partial charge >= 0.3 is 59.1 Å². The van der Waals surface area contributed by atoms with Gasteiger partial charge < -0.3 is 20.1 Å². The van der Waals surface area contributed by atoms with E-state index >= 15 is 0 Å². The first-order valence-corrected chi connectivity index (χ1v) is 9.83. The Kier molecular flexibility index (Phi) is 14.8. The smallest absolute Gasteiger partial charge is 0.872 e. The van der Waals surface area contributed by atoms with E-state index in [0.29, 0.717) is 6.04 Å². The van der Waals surface area contributed by atoms with E-state index in [-0.39, 0.29) is 64.9 Å². The summed E-state index contributed by atoms with van der Waals surface area (Å²) in [5, 5.41) is 29.4. The fraction of sp³-hybridized carbons (Fsp3) is 0.450. The minimum Gasteiger partial charge on any atom is -0.872 e. The Morgan fingerprint density at radius 2 is 1.96 bits per heavy atom. The molecule has 0 radical (unpaired) electrons. The summed E-state index contributed by atoms with van der Waals surface area (Å²) in [4.78, 5) is 12.6. The minimum absolute atomic E-state index is 0. The van der Waals surface area contributed by atoms with Gasteiger partial charge in [0.15, 0.2) is 0 Å². The molecule has 1 aliphatic carbocycles. The predicted molar refractivity (Wildman–Crippen MR) is 99.6 cm³/mol. The van der Waals surface area contributed by atoms with Crippen molar-refractivity contribution in [1.82, 2.24) is 4.90 Å². The van der Waals surface area contributed by atoms with Crippen LogP contribution in [0.3, 0.4) is 0 Å². The third kappa shape index (κ3) is 9.18. The zero-order valence-electron chi connectivity index (χ0n) is 17.0. The number of benzene rings is 1. The van der Waals surface area contributed by atoms with Crippen LogP contribution in [0.1, 0.15) is 35.8 Å². The second-order valence-electron chi connectivity index (χ2n) is 6.42. The van der Waals surface area contributed by atoms with E-state index in [1.165, 1.54) is 16.9 Å². The molecule has 3 rings (SSSR count). The summed E-state index contributed by atoms with van der Waals surface area (Å²) in [5.41, 5.74) is 2.34. The monoisotopic (exact) mass is 421 g/mol. The number of carboxylic acid groups (broad SMARTS) is 2. The number of thiophene rings is 1. The van der Waals surface area contributed by atoms with Crippen LogP contribution in [0.5, 0.6) is 5.75 Å². The van der Waals surface area contributed by atoms with Crippen LogP contribution >= 0.6 is 11.3 Å². The number of hydrogen-bond acceptors (Lipinski definition) is 5. The summed E-state index contributed by atoms with van der Waals surface area (Å²) in [6, 6.07) is 10.7. The SMILES string of the molecule is CCCN(CCc1cccs1)[C@H]1CCc2c([O-])cccc2C1.O=C([O-])O.[Na+].[Na+]. The molecule has 0 unspecified atom stereocenters. The fourth-order valence-corrected chi connectivity index (χ4v) is 4.24. The predicted octanol–water partition coefficient (Wildman–Crippen LogP) is -3.47. The third-order valence-electron chi connectivity index (χ3n) is 4.67. The summed E-state index contributed by atoms with van der Waals surface area (Å²) in [7, 11) is 0. The Labute approximate surface area is 215 Å². The van der Waals surface area contributed by atoms with Crippen molar-refractivity contribution in [1.29, 1.82) is 0 Å². The van der Waals surface area contributed by atoms with Gasteiger partial charge in [0, 0.05) is 17.5 Å². The van der Waals surface area contributed by atoms with Crippen LogP contribution in [0.25, 0.3) is 0 Å². The molecule has 0 fully saturated rings. The van der Waals surface area contributed by atoms with Crippen LogP contribution in [-0.4, -0.2) is 35.3 Å². The summed E-state index contributed by atoms with van der Waals surface area (Å²) in [6.07, 6.45) is 3.35. The first kappa shape index (κ1) is 27.9. The molecular weight excluding hydrogens is 396 g/mol. The second-order valence-corrected chi connectivity index (χ2v) is 7.45. The van der Waals surface area contributed by atoms with Crippen LogP contribution < -0.4 is 69.3 Å². The number of fused-ring (bicyclic) bond motifs is 1. The van der Waals surface area contributed by atoms with Gasteiger partial charge in [-0.05, 0) is 55.7 Å². The van der Waals surface area contributed by atoms with Crippen LogP contribution in [0.15, 0.2) is 35.7 Å². The largest absolute Gasteiger partial charge is 1.00 e. The van der Waals surface area contributed by atoms with Gasteiger partial charge in [0.1, 0.15) is 0 Å². The molecule has 1 atom stereocenters. The van der Waals surface area contributed by atoms with E-state index in [2.05, 4.69) is 35.4 Å². The van der Waals surface area contributed by atoms with Crippen molar-refractivity contribution in [3.05, 3.63) is 51.7 Å². The minimum atomic E-state index is -2.08. The molecule has 0 saturated carbocycles. The Balaban J connectivity index is 0.00000111. The van der Waals surface area contributed by atoms with Crippen LogP contribution in [0.4, 0.5) is 4.79 Å². The molecule has 2 aromatic rings. The van der Waals surface area contributed by atoms with E-state index in [9.17, 15) is 5.11 Å². The molecule has 142 valence electrons. The molecule has 1 aromatic heterocycles. The molecule has 0 spiro atoms. The molecule has 0 amide bonds. The topological polar surface area (TPSA) is 86.7 Å². The van der Waals surface area contributed by atoms with E-state index in [1.807, 2.05) is 17.4 Å². The van der Waals surface area contributed by atoms with E-state index < -0.39 is 6.16 Å². The molecule has 0 aliphatic heterocycles.